The SMILES string of the molecule is CCSc1nn(-c2ccn(C)n2)c(N)c1C1=CCCc2ccc(F)cc21. The van der Waals surface area contributed by atoms with Crippen molar-refractivity contribution in [2.75, 3.05) is 11.5 Å². The van der Waals surface area contributed by atoms with Gasteiger partial charge in [0.25, 0.3) is 0 Å². The quantitative estimate of drug-likeness (QED) is 0.710. The Kier molecular flexibility index (Phi) is 4.32. The predicted octanol–water partition coefficient (Wildman–Crippen LogP) is 3.82. The average molecular weight is 369 g/mol. The summed E-state index contributed by atoms with van der Waals surface area (Å²) in [6.07, 6.45) is 5.80. The van der Waals surface area contributed by atoms with Crippen LogP contribution in [0.15, 0.2) is 41.6 Å². The molecule has 0 aliphatic heterocycles. The number of thioether (sulfide) groups is 1. The molecular weight excluding hydrogens is 349 g/mol. The number of nitrogens with two attached hydrogens (primary N) is 1. The summed E-state index contributed by atoms with van der Waals surface area (Å²) in [5.74, 6) is 1.83. The van der Waals surface area contributed by atoms with Crippen molar-refractivity contribution >= 4 is 23.2 Å². The topological polar surface area (TPSA) is 61.7 Å². The van der Waals surface area contributed by atoms with Gasteiger partial charge < -0.3 is 5.73 Å². The van der Waals surface area contributed by atoms with Crippen molar-refractivity contribution in [1.82, 2.24) is 19.6 Å². The molecule has 2 heterocycles. The van der Waals surface area contributed by atoms with Crippen molar-refractivity contribution in [2.45, 2.75) is 24.8 Å². The van der Waals surface area contributed by atoms with E-state index in [1.54, 1.807) is 27.2 Å². The third-order valence-electron chi connectivity index (χ3n) is 4.48. The minimum absolute atomic E-state index is 0.239. The molecule has 2 N–H and O–H groups in total. The summed E-state index contributed by atoms with van der Waals surface area (Å²) < 4.78 is 17.3. The lowest BCUT2D eigenvalue weighted by Gasteiger charge is -2.18. The predicted molar refractivity (Wildman–Crippen MR) is 103 cm³/mol. The fraction of sp³-hybridized carbons (Fsp3) is 0.263. The second-order valence-electron chi connectivity index (χ2n) is 6.22. The Bertz CT molecular complexity index is 1000. The maximum atomic E-state index is 13.9. The van der Waals surface area contributed by atoms with Crippen molar-refractivity contribution in [3.8, 4) is 5.82 Å². The van der Waals surface area contributed by atoms with Gasteiger partial charge in [0.2, 0.25) is 0 Å². The van der Waals surface area contributed by atoms with Crippen LogP contribution in [0.4, 0.5) is 10.2 Å². The molecule has 0 bridgehead atoms. The molecule has 7 heteroatoms. The Balaban J connectivity index is 1.90. The van der Waals surface area contributed by atoms with Gasteiger partial charge in [0.1, 0.15) is 16.7 Å². The smallest absolute Gasteiger partial charge is 0.177 e. The van der Waals surface area contributed by atoms with Gasteiger partial charge in [-0.2, -0.15) is 14.9 Å². The molecule has 1 aromatic carbocycles. The monoisotopic (exact) mass is 369 g/mol. The Morgan fingerprint density at radius 1 is 1.27 bits per heavy atom. The van der Waals surface area contributed by atoms with Gasteiger partial charge in [0.15, 0.2) is 5.82 Å². The Morgan fingerprint density at radius 3 is 2.85 bits per heavy atom. The maximum Gasteiger partial charge on any atom is 0.177 e. The summed E-state index contributed by atoms with van der Waals surface area (Å²) in [6.45, 7) is 2.08. The van der Waals surface area contributed by atoms with Crippen LogP contribution >= 0.6 is 11.8 Å². The molecule has 0 amide bonds. The first kappa shape index (κ1) is 16.9. The zero-order chi connectivity index (χ0) is 18.3. The molecule has 0 spiro atoms. The van der Waals surface area contributed by atoms with E-state index in [-0.39, 0.29) is 5.82 Å². The summed E-state index contributed by atoms with van der Waals surface area (Å²) in [5.41, 5.74) is 10.4. The van der Waals surface area contributed by atoms with Crippen molar-refractivity contribution in [1.29, 1.82) is 0 Å². The summed E-state index contributed by atoms with van der Waals surface area (Å²) >= 11 is 1.63. The van der Waals surface area contributed by atoms with Gasteiger partial charge in [-0.05, 0) is 47.4 Å². The highest BCUT2D eigenvalue weighted by Gasteiger charge is 2.25. The Labute approximate surface area is 155 Å². The van der Waals surface area contributed by atoms with Gasteiger partial charge in [-0.3, -0.25) is 4.68 Å². The standard InChI is InChI=1S/C19H20FN5S/c1-3-26-19-17(18(21)25(23-19)16-9-10-24(2)22-16)14-6-4-5-12-7-8-13(20)11-15(12)14/h6-11H,3-5,21H2,1-2H3. The van der Waals surface area contributed by atoms with E-state index >= 15 is 0 Å². The van der Waals surface area contributed by atoms with Gasteiger partial charge in [0.05, 0.1) is 5.56 Å². The Morgan fingerprint density at radius 2 is 2.12 bits per heavy atom. The third kappa shape index (κ3) is 2.82. The number of aryl methyl sites for hydroxylation is 2. The van der Waals surface area contributed by atoms with Crippen LogP contribution in [0.5, 0.6) is 0 Å². The molecule has 4 rings (SSSR count). The van der Waals surface area contributed by atoms with Crippen LogP contribution in [0.25, 0.3) is 11.4 Å². The zero-order valence-corrected chi connectivity index (χ0v) is 15.6. The number of fused-ring (bicyclic) bond motifs is 1. The molecule has 0 atom stereocenters. The molecule has 3 aromatic rings. The highest BCUT2D eigenvalue weighted by atomic mass is 32.2. The number of halogens is 1. The number of hydrogen-bond acceptors (Lipinski definition) is 4. The van der Waals surface area contributed by atoms with Gasteiger partial charge in [0, 0.05) is 19.3 Å². The molecule has 0 unspecified atom stereocenters. The van der Waals surface area contributed by atoms with Crippen LogP contribution in [0, 0.1) is 5.82 Å². The maximum absolute atomic E-state index is 13.9. The lowest BCUT2D eigenvalue weighted by atomic mass is 9.87. The van der Waals surface area contributed by atoms with Gasteiger partial charge in [-0.15, -0.1) is 11.8 Å². The van der Waals surface area contributed by atoms with E-state index in [9.17, 15) is 4.39 Å². The van der Waals surface area contributed by atoms with E-state index in [1.807, 2.05) is 25.4 Å². The summed E-state index contributed by atoms with van der Waals surface area (Å²) in [4.78, 5) is 0. The van der Waals surface area contributed by atoms with E-state index in [4.69, 9.17) is 10.8 Å². The van der Waals surface area contributed by atoms with Gasteiger partial charge >= 0.3 is 0 Å². The molecule has 0 fully saturated rings. The lowest BCUT2D eigenvalue weighted by Crippen LogP contribution is -2.06. The van der Waals surface area contributed by atoms with E-state index in [1.165, 1.54) is 6.07 Å². The number of allylic oxidation sites excluding steroid dienone is 1. The largest absolute Gasteiger partial charge is 0.383 e. The van der Waals surface area contributed by atoms with Crippen LogP contribution in [0.3, 0.4) is 0 Å². The zero-order valence-electron chi connectivity index (χ0n) is 14.7. The van der Waals surface area contributed by atoms with Gasteiger partial charge in [-0.25, -0.2) is 4.39 Å². The van der Waals surface area contributed by atoms with Crippen LogP contribution in [-0.4, -0.2) is 25.3 Å². The first-order chi connectivity index (χ1) is 12.6. The molecule has 5 nitrogen and oxygen atoms in total. The minimum Gasteiger partial charge on any atom is -0.383 e. The molecule has 26 heavy (non-hydrogen) atoms. The second-order valence-corrected chi connectivity index (χ2v) is 7.47. The Hall–Kier alpha value is -2.54. The summed E-state index contributed by atoms with van der Waals surface area (Å²) in [7, 11) is 1.86. The van der Waals surface area contributed by atoms with Crippen molar-refractivity contribution < 1.29 is 4.39 Å². The molecule has 0 saturated heterocycles. The number of aromatic nitrogens is 4. The molecule has 0 radical (unpaired) electrons. The number of hydrogen-bond donors (Lipinski definition) is 1. The number of rotatable bonds is 4. The first-order valence-corrected chi connectivity index (χ1v) is 9.57. The average Bonchev–Trinajstić information content (AvgIpc) is 3.18. The highest BCUT2D eigenvalue weighted by Crippen LogP contribution is 2.40. The summed E-state index contributed by atoms with van der Waals surface area (Å²) in [6, 6.07) is 6.85. The van der Waals surface area contributed by atoms with E-state index in [0.717, 1.165) is 45.9 Å². The van der Waals surface area contributed by atoms with Crippen LogP contribution in [0.2, 0.25) is 0 Å². The van der Waals surface area contributed by atoms with Crippen molar-refractivity contribution in [2.24, 2.45) is 7.05 Å². The van der Waals surface area contributed by atoms with E-state index < -0.39 is 0 Å². The fourth-order valence-corrected chi connectivity index (χ4v) is 4.10. The third-order valence-corrected chi connectivity index (χ3v) is 5.33. The fourth-order valence-electron chi connectivity index (χ4n) is 3.33. The number of anilines is 1. The number of nitrogen functional groups attached to an aromatic ring is 1. The molecular formula is C19H20FN5S. The van der Waals surface area contributed by atoms with Crippen molar-refractivity contribution in [3.05, 3.63) is 59.0 Å². The molecule has 1 aliphatic rings. The molecule has 0 saturated carbocycles. The van der Waals surface area contributed by atoms with E-state index in [0.29, 0.717) is 11.6 Å². The number of nitrogens with zero attached hydrogens (tertiary/aromatic N) is 4. The minimum atomic E-state index is -0.239. The van der Waals surface area contributed by atoms with Gasteiger partial charge in [-0.1, -0.05) is 19.1 Å². The molecule has 2 aromatic heterocycles. The molecule has 1 aliphatic carbocycles. The lowest BCUT2D eigenvalue weighted by molar-refractivity contribution is 0.626. The van der Waals surface area contributed by atoms with Crippen LogP contribution in [-0.2, 0) is 13.5 Å². The number of benzene rings is 1. The second kappa shape index (κ2) is 6.64. The normalized spacial score (nSPS) is 13.6. The van der Waals surface area contributed by atoms with Crippen molar-refractivity contribution in [3.63, 3.8) is 0 Å². The van der Waals surface area contributed by atoms with Crippen LogP contribution in [0.1, 0.15) is 30.0 Å². The molecule has 134 valence electrons. The first-order valence-electron chi connectivity index (χ1n) is 8.59. The summed E-state index contributed by atoms with van der Waals surface area (Å²) in [5, 5.41) is 9.95. The van der Waals surface area contributed by atoms with E-state index in [2.05, 4.69) is 18.1 Å². The van der Waals surface area contributed by atoms with Crippen LogP contribution < -0.4 is 5.73 Å². The highest BCUT2D eigenvalue weighted by molar-refractivity contribution is 7.99.